The molecule has 0 aromatic rings. The Balaban J connectivity index is 2.06. The molecule has 15 heavy (non-hydrogen) atoms. The van der Waals surface area contributed by atoms with Crippen LogP contribution in [0, 0.1) is 0 Å². The predicted octanol–water partition coefficient (Wildman–Crippen LogP) is 1.82. The van der Waals surface area contributed by atoms with Crippen molar-refractivity contribution in [2.24, 2.45) is 0 Å². The van der Waals surface area contributed by atoms with Crippen LogP contribution in [-0.2, 0) is 4.79 Å². The van der Waals surface area contributed by atoms with E-state index >= 15 is 0 Å². The first-order valence-corrected chi connectivity index (χ1v) is 6.85. The second-order valence-electron chi connectivity index (χ2n) is 4.52. The average Bonchev–Trinajstić information content (AvgIpc) is 2.64. The van der Waals surface area contributed by atoms with Gasteiger partial charge in [-0.25, -0.2) is 0 Å². The molecule has 0 spiro atoms. The van der Waals surface area contributed by atoms with Crippen LogP contribution in [0.4, 0.5) is 0 Å². The summed E-state index contributed by atoms with van der Waals surface area (Å²) in [6, 6.07) is 0.279. The van der Waals surface area contributed by atoms with Crippen LogP contribution in [0.15, 0.2) is 0 Å². The minimum atomic E-state index is -0.626. The lowest BCUT2D eigenvalue weighted by Crippen LogP contribution is -2.51. The number of piperidine rings is 1. The Morgan fingerprint density at radius 1 is 1.40 bits per heavy atom. The lowest BCUT2D eigenvalue weighted by molar-refractivity contribution is -0.145. The Morgan fingerprint density at radius 3 is 2.80 bits per heavy atom. The number of likely N-dealkylation sites (tertiary alicyclic amines) is 1. The van der Waals surface area contributed by atoms with Gasteiger partial charge in [0.2, 0.25) is 0 Å². The molecule has 2 heterocycles. The first kappa shape index (κ1) is 11.3. The van der Waals surface area contributed by atoms with Crippen LogP contribution < -0.4 is 0 Å². The fourth-order valence-corrected chi connectivity index (χ4v) is 4.04. The van der Waals surface area contributed by atoms with E-state index in [-0.39, 0.29) is 6.04 Å². The third kappa shape index (κ3) is 2.31. The molecular weight excluding hydrogens is 210 g/mol. The van der Waals surface area contributed by atoms with Crippen molar-refractivity contribution in [2.75, 3.05) is 12.3 Å². The molecule has 0 bridgehead atoms. The molecule has 2 aliphatic rings. The summed E-state index contributed by atoms with van der Waals surface area (Å²) in [5.74, 6) is 0.563. The Kier molecular flexibility index (Phi) is 3.57. The minimum absolute atomic E-state index is 0.218. The second-order valence-corrected chi connectivity index (χ2v) is 6.00. The van der Waals surface area contributed by atoms with Gasteiger partial charge < -0.3 is 5.11 Å². The van der Waals surface area contributed by atoms with Gasteiger partial charge in [0.25, 0.3) is 0 Å². The molecule has 0 aromatic heterocycles. The van der Waals surface area contributed by atoms with Crippen LogP contribution >= 0.6 is 11.8 Å². The van der Waals surface area contributed by atoms with Crippen molar-refractivity contribution in [3.8, 4) is 0 Å². The van der Waals surface area contributed by atoms with E-state index in [4.69, 9.17) is 0 Å². The highest BCUT2D eigenvalue weighted by Gasteiger charge is 2.37. The molecule has 0 amide bonds. The van der Waals surface area contributed by atoms with Crippen LogP contribution in [-0.4, -0.2) is 45.6 Å². The van der Waals surface area contributed by atoms with Crippen LogP contribution in [0.5, 0.6) is 0 Å². The molecule has 86 valence electrons. The minimum Gasteiger partial charge on any atom is -0.480 e. The Hall–Kier alpha value is -0.220. The van der Waals surface area contributed by atoms with E-state index in [9.17, 15) is 9.90 Å². The molecule has 0 aliphatic carbocycles. The summed E-state index contributed by atoms with van der Waals surface area (Å²) in [6.45, 7) is 3.21. The van der Waals surface area contributed by atoms with Crippen LogP contribution in [0.25, 0.3) is 0 Å². The molecule has 2 rings (SSSR count). The molecule has 3 unspecified atom stereocenters. The van der Waals surface area contributed by atoms with Crippen LogP contribution in [0.2, 0.25) is 0 Å². The number of hydrogen-bond donors (Lipinski definition) is 1. The van der Waals surface area contributed by atoms with Gasteiger partial charge in [0.15, 0.2) is 0 Å². The molecule has 0 saturated carbocycles. The van der Waals surface area contributed by atoms with Gasteiger partial charge in [0.1, 0.15) is 6.04 Å². The number of carboxylic acids is 1. The Labute approximate surface area is 95.2 Å². The largest absolute Gasteiger partial charge is 0.480 e. The lowest BCUT2D eigenvalue weighted by Gasteiger charge is -2.38. The number of carboxylic acid groups (broad SMARTS) is 1. The number of nitrogens with zero attached hydrogens (tertiary/aromatic N) is 1. The number of thioether (sulfide) groups is 1. The maximum Gasteiger partial charge on any atom is 0.320 e. The van der Waals surface area contributed by atoms with Crippen LogP contribution in [0.1, 0.15) is 32.6 Å². The number of rotatable bonds is 2. The zero-order valence-corrected chi connectivity index (χ0v) is 10.0. The van der Waals surface area contributed by atoms with Gasteiger partial charge in [-0.1, -0.05) is 13.3 Å². The van der Waals surface area contributed by atoms with Gasteiger partial charge >= 0.3 is 5.97 Å². The molecule has 0 radical (unpaired) electrons. The maximum atomic E-state index is 11.2. The summed E-state index contributed by atoms with van der Waals surface area (Å²) < 4.78 is 0. The number of hydrogen-bond acceptors (Lipinski definition) is 3. The van der Waals surface area contributed by atoms with E-state index in [2.05, 4.69) is 11.8 Å². The van der Waals surface area contributed by atoms with E-state index in [0.29, 0.717) is 11.3 Å². The summed E-state index contributed by atoms with van der Waals surface area (Å²) in [5.41, 5.74) is 0. The topological polar surface area (TPSA) is 40.5 Å². The quantitative estimate of drug-likeness (QED) is 0.784. The molecule has 2 saturated heterocycles. The van der Waals surface area contributed by atoms with Gasteiger partial charge in [-0.15, -0.1) is 0 Å². The first-order valence-electron chi connectivity index (χ1n) is 5.80. The molecule has 4 heteroatoms. The van der Waals surface area contributed by atoms with E-state index in [1.54, 1.807) is 0 Å². The predicted molar refractivity (Wildman–Crippen MR) is 62.3 cm³/mol. The summed E-state index contributed by atoms with van der Waals surface area (Å²) in [6.07, 6.45) is 4.23. The molecule has 3 atom stereocenters. The summed E-state index contributed by atoms with van der Waals surface area (Å²) in [4.78, 5) is 13.4. The van der Waals surface area contributed by atoms with Crippen molar-refractivity contribution in [3.63, 3.8) is 0 Å². The zero-order chi connectivity index (χ0) is 10.8. The van der Waals surface area contributed by atoms with Gasteiger partial charge in [-0.3, -0.25) is 9.69 Å². The third-order valence-electron chi connectivity index (χ3n) is 3.59. The van der Waals surface area contributed by atoms with Crippen molar-refractivity contribution in [3.05, 3.63) is 0 Å². The van der Waals surface area contributed by atoms with E-state index in [1.165, 1.54) is 5.75 Å². The fraction of sp³-hybridized carbons (Fsp3) is 0.909. The van der Waals surface area contributed by atoms with Crippen molar-refractivity contribution in [1.29, 1.82) is 0 Å². The van der Waals surface area contributed by atoms with Crippen molar-refractivity contribution < 1.29 is 9.90 Å². The highest BCUT2D eigenvalue weighted by Crippen LogP contribution is 2.33. The average molecular weight is 229 g/mol. The Bertz CT molecular complexity index is 247. The third-order valence-corrected chi connectivity index (χ3v) is 4.90. The molecule has 3 nitrogen and oxygen atoms in total. The fourth-order valence-electron chi connectivity index (χ4n) is 2.77. The van der Waals surface area contributed by atoms with E-state index in [0.717, 1.165) is 32.2 Å². The molecule has 2 fully saturated rings. The first-order chi connectivity index (χ1) is 7.20. The highest BCUT2D eigenvalue weighted by molar-refractivity contribution is 8.00. The van der Waals surface area contributed by atoms with Gasteiger partial charge in [0, 0.05) is 11.3 Å². The zero-order valence-electron chi connectivity index (χ0n) is 9.19. The smallest absolute Gasteiger partial charge is 0.320 e. The maximum absolute atomic E-state index is 11.2. The lowest BCUT2D eigenvalue weighted by atomic mass is 9.98. The van der Waals surface area contributed by atoms with Crippen molar-refractivity contribution >= 4 is 17.7 Å². The number of carbonyl (C=O) groups is 1. The molecular formula is C11H19NO2S. The van der Waals surface area contributed by atoms with Crippen molar-refractivity contribution in [1.82, 2.24) is 4.90 Å². The van der Waals surface area contributed by atoms with Crippen molar-refractivity contribution in [2.45, 2.75) is 49.9 Å². The van der Waals surface area contributed by atoms with Gasteiger partial charge in [-0.2, -0.15) is 11.8 Å². The van der Waals surface area contributed by atoms with Crippen LogP contribution in [0.3, 0.4) is 0 Å². The second kappa shape index (κ2) is 4.74. The Morgan fingerprint density at radius 2 is 2.20 bits per heavy atom. The number of aliphatic carboxylic acids is 1. The highest BCUT2D eigenvalue weighted by atomic mass is 32.2. The monoisotopic (exact) mass is 229 g/mol. The van der Waals surface area contributed by atoms with Gasteiger partial charge in [-0.05, 0) is 31.6 Å². The molecule has 2 aliphatic heterocycles. The summed E-state index contributed by atoms with van der Waals surface area (Å²) >= 11 is 1.98. The van der Waals surface area contributed by atoms with Gasteiger partial charge in [0.05, 0.1) is 0 Å². The summed E-state index contributed by atoms with van der Waals surface area (Å²) in [7, 11) is 0. The normalized spacial score (nSPS) is 38.1. The standard InChI is InChI=1S/C11H19NO2S/c1-8-9(5-7-15-8)12-6-3-2-4-10(12)11(13)14/h8-10H,2-7H2,1H3,(H,13,14). The molecule has 1 N–H and O–H groups in total. The van der Waals surface area contributed by atoms with E-state index < -0.39 is 5.97 Å². The SMILES string of the molecule is CC1SCCC1N1CCCCC1C(=O)O. The molecule has 0 aromatic carbocycles. The summed E-state index contributed by atoms with van der Waals surface area (Å²) in [5, 5.41) is 9.81. The van der Waals surface area contributed by atoms with E-state index in [1.807, 2.05) is 11.8 Å².